The Hall–Kier alpha value is -1.73. The number of hydrogen-bond acceptors (Lipinski definition) is 5. The van der Waals surface area contributed by atoms with Crippen molar-refractivity contribution in [2.24, 2.45) is 5.10 Å². The quantitative estimate of drug-likeness (QED) is 0.324. The smallest absolute Gasteiger partial charge is 0.249 e. The minimum atomic E-state index is -0.447. The van der Waals surface area contributed by atoms with E-state index in [-0.39, 0.29) is 12.3 Å². The molecule has 0 bridgehead atoms. The standard InChI is InChI=1S/C11H15N3O3S/c1-17-5-4-12-10(15)7-11(16)14-13-8-9-3-2-6-18-9/h2-3,6,8H,4-5,7H2,1H3,(H,12,15)(H,14,16). The number of carbonyl (C=O) groups is 2. The highest BCUT2D eigenvalue weighted by Crippen LogP contribution is 2.03. The molecule has 1 aromatic rings. The van der Waals surface area contributed by atoms with E-state index in [0.717, 1.165) is 4.88 Å². The maximum absolute atomic E-state index is 11.3. The van der Waals surface area contributed by atoms with E-state index in [4.69, 9.17) is 4.74 Å². The highest BCUT2D eigenvalue weighted by molar-refractivity contribution is 7.11. The van der Waals surface area contributed by atoms with Crippen LogP contribution in [0, 0.1) is 0 Å². The Balaban J connectivity index is 2.19. The van der Waals surface area contributed by atoms with Gasteiger partial charge in [0, 0.05) is 18.5 Å². The molecule has 0 unspecified atom stereocenters. The fourth-order valence-electron chi connectivity index (χ4n) is 1.07. The molecule has 6 nitrogen and oxygen atoms in total. The van der Waals surface area contributed by atoms with E-state index in [2.05, 4.69) is 15.8 Å². The van der Waals surface area contributed by atoms with Gasteiger partial charge in [0.1, 0.15) is 6.42 Å². The number of hydrazone groups is 1. The zero-order chi connectivity index (χ0) is 13.2. The number of hydrogen-bond donors (Lipinski definition) is 2. The summed E-state index contributed by atoms with van der Waals surface area (Å²) in [6.07, 6.45) is 1.29. The van der Waals surface area contributed by atoms with Crippen LogP contribution in [0.3, 0.4) is 0 Å². The van der Waals surface area contributed by atoms with Crippen molar-refractivity contribution in [2.75, 3.05) is 20.3 Å². The average molecular weight is 269 g/mol. The van der Waals surface area contributed by atoms with Crippen molar-refractivity contribution >= 4 is 29.4 Å². The van der Waals surface area contributed by atoms with Crippen LogP contribution in [0.4, 0.5) is 0 Å². The van der Waals surface area contributed by atoms with Gasteiger partial charge in [-0.3, -0.25) is 9.59 Å². The summed E-state index contributed by atoms with van der Waals surface area (Å²) in [5.74, 6) is -0.798. The minimum Gasteiger partial charge on any atom is -0.383 e. The van der Waals surface area contributed by atoms with E-state index in [0.29, 0.717) is 13.2 Å². The van der Waals surface area contributed by atoms with Crippen molar-refractivity contribution in [1.82, 2.24) is 10.7 Å². The molecule has 2 N–H and O–H groups in total. The molecular weight excluding hydrogens is 254 g/mol. The second kappa shape index (κ2) is 8.37. The molecule has 0 aliphatic rings. The molecule has 1 aromatic heterocycles. The first-order chi connectivity index (χ1) is 8.72. The third-order valence-corrected chi connectivity index (χ3v) is 2.68. The fraction of sp³-hybridized carbons (Fsp3) is 0.364. The Morgan fingerprint density at radius 2 is 2.33 bits per heavy atom. The molecule has 0 atom stereocenters. The van der Waals surface area contributed by atoms with Crippen LogP contribution < -0.4 is 10.7 Å². The van der Waals surface area contributed by atoms with Crippen LogP contribution in [0.1, 0.15) is 11.3 Å². The van der Waals surface area contributed by atoms with E-state index in [9.17, 15) is 9.59 Å². The Morgan fingerprint density at radius 3 is 3.00 bits per heavy atom. The number of amides is 2. The van der Waals surface area contributed by atoms with E-state index in [1.807, 2.05) is 17.5 Å². The first-order valence-electron chi connectivity index (χ1n) is 5.33. The SMILES string of the molecule is COCCNC(=O)CC(=O)NN=Cc1cccs1. The summed E-state index contributed by atoms with van der Waals surface area (Å²) >= 11 is 1.51. The van der Waals surface area contributed by atoms with Crippen molar-refractivity contribution < 1.29 is 14.3 Å². The zero-order valence-electron chi connectivity index (χ0n) is 10.0. The van der Waals surface area contributed by atoms with Gasteiger partial charge in [0.2, 0.25) is 11.8 Å². The molecule has 0 fully saturated rings. The van der Waals surface area contributed by atoms with Gasteiger partial charge >= 0.3 is 0 Å². The molecule has 98 valence electrons. The molecule has 0 aliphatic heterocycles. The zero-order valence-corrected chi connectivity index (χ0v) is 10.8. The number of ether oxygens (including phenoxy) is 1. The Kier molecular flexibility index (Phi) is 6.67. The Bertz CT molecular complexity index is 404. The molecule has 0 saturated heterocycles. The van der Waals surface area contributed by atoms with E-state index >= 15 is 0 Å². The van der Waals surface area contributed by atoms with Crippen molar-refractivity contribution in [3.63, 3.8) is 0 Å². The highest BCUT2D eigenvalue weighted by atomic mass is 32.1. The number of carbonyl (C=O) groups excluding carboxylic acids is 2. The third-order valence-electron chi connectivity index (χ3n) is 1.87. The van der Waals surface area contributed by atoms with Crippen LogP contribution in [0.25, 0.3) is 0 Å². The lowest BCUT2D eigenvalue weighted by Gasteiger charge is -2.03. The summed E-state index contributed by atoms with van der Waals surface area (Å²) in [6, 6.07) is 3.76. The topological polar surface area (TPSA) is 79.8 Å². The molecule has 0 aromatic carbocycles. The lowest BCUT2D eigenvalue weighted by atomic mass is 10.4. The van der Waals surface area contributed by atoms with Gasteiger partial charge in [0.25, 0.3) is 0 Å². The lowest BCUT2D eigenvalue weighted by Crippen LogP contribution is -2.31. The molecule has 0 radical (unpaired) electrons. The van der Waals surface area contributed by atoms with Gasteiger partial charge in [-0.25, -0.2) is 5.43 Å². The van der Waals surface area contributed by atoms with Crippen LogP contribution in [-0.4, -0.2) is 38.3 Å². The third kappa shape index (κ3) is 6.12. The van der Waals surface area contributed by atoms with E-state index in [1.54, 1.807) is 0 Å². The Morgan fingerprint density at radius 1 is 1.50 bits per heavy atom. The molecule has 18 heavy (non-hydrogen) atoms. The highest BCUT2D eigenvalue weighted by Gasteiger charge is 2.07. The minimum absolute atomic E-state index is 0.245. The van der Waals surface area contributed by atoms with Gasteiger partial charge in [-0.1, -0.05) is 6.07 Å². The van der Waals surface area contributed by atoms with Gasteiger partial charge in [-0.05, 0) is 11.4 Å². The van der Waals surface area contributed by atoms with Gasteiger partial charge in [0.05, 0.1) is 12.8 Å². The number of rotatable bonds is 7. The van der Waals surface area contributed by atoms with Crippen LogP contribution in [0.5, 0.6) is 0 Å². The maximum atomic E-state index is 11.3. The van der Waals surface area contributed by atoms with Crippen molar-refractivity contribution in [3.8, 4) is 0 Å². The summed E-state index contributed by atoms with van der Waals surface area (Å²) in [4.78, 5) is 23.5. The van der Waals surface area contributed by atoms with Crippen LogP contribution >= 0.6 is 11.3 Å². The summed E-state index contributed by atoms with van der Waals surface area (Å²) in [7, 11) is 1.54. The number of methoxy groups -OCH3 is 1. The normalized spacial score (nSPS) is 10.5. The largest absolute Gasteiger partial charge is 0.383 e. The van der Waals surface area contributed by atoms with Crippen LogP contribution in [-0.2, 0) is 14.3 Å². The summed E-state index contributed by atoms with van der Waals surface area (Å²) < 4.78 is 4.77. The predicted molar refractivity (Wildman–Crippen MR) is 69.6 cm³/mol. The van der Waals surface area contributed by atoms with Crippen molar-refractivity contribution in [2.45, 2.75) is 6.42 Å². The summed E-state index contributed by atoms with van der Waals surface area (Å²) in [6.45, 7) is 0.810. The monoisotopic (exact) mass is 269 g/mol. The molecule has 1 rings (SSSR count). The average Bonchev–Trinajstić information content (AvgIpc) is 2.82. The van der Waals surface area contributed by atoms with E-state index in [1.165, 1.54) is 24.7 Å². The summed E-state index contributed by atoms with van der Waals surface area (Å²) in [5.41, 5.74) is 2.29. The van der Waals surface area contributed by atoms with Crippen molar-refractivity contribution in [3.05, 3.63) is 22.4 Å². The van der Waals surface area contributed by atoms with E-state index < -0.39 is 5.91 Å². The predicted octanol–water partition coefficient (Wildman–Crippen LogP) is 0.351. The second-order valence-corrected chi connectivity index (χ2v) is 4.31. The van der Waals surface area contributed by atoms with Crippen LogP contribution in [0.15, 0.2) is 22.6 Å². The molecule has 1 heterocycles. The number of nitrogens with one attached hydrogen (secondary N) is 2. The molecule has 0 aliphatic carbocycles. The second-order valence-electron chi connectivity index (χ2n) is 3.33. The molecule has 0 saturated carbocycles. The van der Waals surface area contributed by atoms with Gasteiger partial charge in [-0.2, -0.15) is 5.10 Å². The van der Waals surface area contributed by atoms with Gasteiger partial charge in [-0.15, -0.1) is 11.3 Å². The maximum Gasteiger partial charge on any atom is 0.249 e. The summed E-state index contributed by atoms with van der Waals surface area (Å²) in [5, 5.41) is 8.20. The van der Waals surface area contributed by atoms with Gasteiger partial charge in [0.15, 0.2) is 0 Å². The Labute approximate surface area is 109 Å². The molecule has 2 amide bonds. The lowest BCUT2D eigenvalue weighted by molar-refractivity contribution is -0.129. The van der Waals surface area contributed by atoms with Crippen molar-refractivity contribution in [1.29, 1.82) is 0 Å². The molecule has 0 spiro atoms. The fourth-order valence-corrected chi connectivity index (χ4v) is 1.66. The number of nitrogens with zero attached hydrogens (tertiary/aromatic N) is 1. The first kappa shape index (κ1) is 14.3. The molecule has 7 heteroatoms. The first-order valence-corrected chi connectivity index (χ1v) is 6.21. The van der Waals surface area contributed by atoms with Crippen LogP contribution in [0.2, 0.25) is 0 Å². The number of thiophene rings is 1. The van der Waals surface area contributed by atoms with Gasteiger partial charge < -0.3 is 10.1 Å². The molecular formula is C11H15N3O3S.